The van der Waals surface area contributed by atoms with Crippen molar-refractivity contribution in [2.45, 2.75) is 32.6 Å². The summed E-state index contributed by atoms with van der Waals surface area (Å²) in [6, 6.07) is 9.52. The zero-order valence-electron chi connectivity index (χ0n) is 12.5. The predicted octanol–water partition coefficient (Wildman–Crippen LogP) is 5.00. The zero-order valence-corrected chi connectivity index (χ0v) is 13.4. The van der Waals surface area contributed by atoms with Crippen LogP contribution < -0.4 is 0 Å². The fraction of sp³-hybridized carbons (Fsp3) is 0.333. The van der Waals surface area contributed by atoms with Gasteiger partial charge in [-0.05, 0) is 42.9 Å². The molecule has 0 aliphatic heterocycles. The molecule has 112 valence electrons. The van der Waals surface area contributed by atoms with Gasteiger partial charge >= 0.3 is 0 Å². The average molecular weight is 310 g/mol. The molecule has 1 heterocycles. The highest BCUT2D eigenvalue weighted by molar-refractivity contribution is 7.11. The summed E-state index contributed by atoms with van der Waals surface area (Å²) < 4.78 is 0. The van der Waals surface area contributed by atoms with Gasteiger partial charge in [0.1, 0.15) is 16.8 Å². The van der Waals surface area contributed by atoms with Gasteiger partial charge in [-0.1, -0.05) is 25.5 Å². The summed E-state index contributed by atoms with van der Waals surface area (Å²) in [5, 5.41) is 22.2. The van der Waals surface area contributed by atoms with Gasteiger partial charge in [0, 0.05) is 10.9 Å². The summed E-state index contributed by atoms with van der Waals surface area (Å²) in [6.07, 6.45) is 4.38. The van der Waals surface area contributed by atoms with E-state index in [4.69, 9.17) is 0 Å². The third-order valence-corrected chi connectivity index (χ3v) is 4.99. The summed E-state index contributed by atoms with van der Waals surface area (Å²) in [6.45, 7) is 2.24. The molecule has 0 saturated heterocycles. The molecule has 1 aliphatic carbocycles. The highest BCUT2D eigenvalue weighted by atomic mass is 32.1. The lowest BCUT2D eigenvalue weighted by atomic mass is 9.84. The van der Waals surface area contributed by atoms with Crippen LogP contribution in [0.25, 0.3) is 16.8 Å². The van der Waals surface area contributed by atoms with Gasteiger partial charge in [0.15, 0.2) is 0 Å². The van der Waals surface area contributed by atoms with Crippen molar-refractivity contribution in [3.8, 4) is 23.1 Å². The number of nitrogens with zero attached hydrogens (tertiary/aromatic N) is 2. The number of allylic oxidation sites excluding steroid dienone is 2. The van der Waals surface area contributed by atoms with E-state index >= 15 is 0 Å². The first-order valence-electron chi connectivity index (χ1n) is 7.55. The van der Waals surface area contributed by atoms with Gasteiger partial charge in [-0.3, -0.25) is 0 Å². The molecule has 3 nitrogen and oxygen atoms in total. The lowest BCUT2D eigenvalue weighted by Crippen LogP contribution is -2.06. The van der Waals surface area contributed by atoms with Gasteiger partial charge < -0.3 is 5.11 Å². The number of benzene rings is 1. The molecule has 0 unspecified atom stereocenters. The van der Waals surface area contributed by atoms with E-state index in [0.717, 1.165) is 35.5 Å². The molecular formula is C18H18N2OS. The number of phenols is 1. The number of para-hydroxylation sites is 1. The summed E-state index contributed by atoms with van der Waals surface area (Å²) in [5.74, 6) is 0.862. The van der Waals surface area contributed by atoms with Crippen LogP contribution in [-0.2, 0) is 0 Å². The van der Waals surface area contributed by atoms with E-state index in [1.807, 2.05) is 17.5 Å². The normalized spacial score (nSPS) is 20.5. The maximum Gasteiger partial charge on any atom is 0.134 e. The maximum absolute atomic E-state index is 9.94. The standard InChI is InChI=1S/C18H18N2OS/c1-12-5-4-6-13(9-12)15(10-19)18-20-16(11-22-18)14-7-2-3-8-17(14)21/h2-3,7-8,11-12,21H,4-6,9H2,1H3/b15-13-/t12-/m1/s1. The molecule has 4 heteroatoms. The Balaban J connectivity index is 1.97. The molecule has 1 aromatic heterocycles. The Bertz CT molecular complexity index is 754. The molecule has 3 rings (SSSR count). The molecule has 0 bridgehead atoms. The SMILES string of the molecule is C[C@@H]1CCC/C(=C(\C#N)c2nc(-c3ccccc3O)cs2)C1. The number of thiazole rings is 1. The second-order valence-electron chi connectivity index (χ2n) is 5.85. The first kappa shape index (κ1) is 14.8. The lowest BCUT2D eigenvalue weighted by molar-refractivity contribution is 0.454. The van der Waals surface area contributed by atoms with Crippen LogP contribution in [0.5, 0.6) is 5.75 Å². The fourth-order valence-electron chi connectivity index (χ4n) is 3.00. The summed E-state index contributed by atoms with van der Waals surface area (Å²) in [7, 11) is 0. The van der Waals surface area contributed by atoms with E-state index in [0.29, 0.717) is 11.5 Å². The smallest absolute Gasteiger partial charge is 0.134 e. The van der Waals surface area contributed by atoms with Crippen LogP contribution in [0.2, 0.25) is 0 Å². The van der Waals surface area contributed by atoms with E-state index in [2.05, 4.69) is 18.0 Å². The molecule has 0 radical (unpaired) electrons. The van der Waals surface area contributed by atoms with Gasteiger partial charge in [0.25, 0.3) is 0 Å². The molecule has 1 fully saturated rings. The molecule has 0 spiro atoms. The van der Waals surface area contributed by atoms with Gasteiger partial charge in [-0.15, -0.1) is 11.3 Å². The Morgan fingerprint density at radius 3 is 2.95 bits per heavy atom. The minimum Gasteiger partial charge on any atom is -0.507 e. The highest BCUT2D eigenvalue weighted by Gasteiger charge is 2.20. The van der Waals surface area contributed by atoms with Crippen LogP contribution in [0.3, 0.4) is 0 Å². The van der Waals surface area contributed by atoms with E-state index < -0.39 is 0 Å². The summed E-state index contributed by atoms with van der Waals surface area (Å²) in [5.41, 5.74) is 3.41. The highest BCUT2D eigenvalue weighted by Crippen LogP contribution is 2.36. The predicted molar refractivity (Wildman–Crippen MR) is 89.4 cm³/mol. The lowest BCUT2D eigenvalue weighted by Gasteiger charge is -2.21. The van der Waals surface area contributed by atoms with Crippen molar-refractivity contribution in [2.24, 2.45) is 5.92 Å². The number of rotatable bonds is 2. The molecule has 1 atom stereocenters. The second-order valence-corrected chi connectivity index (χ2v) is 6.71. The van der Waals surface area contributed by atoms with Crippen molar-refractivity contribution < 1.29 is 5.11 Å². The fourth-order valence-corrected chi connectivity index (χ4v) is 3.86. The van der Waals surface area contributed by atoms with E-state index in [1.54, 1.807) is 12.1 Å². The Kier molecular flexibility index (Phi) is 4.26. The van der Waals surface area contributed by atoms with Crippen LogP contribution >= 0.6 is 11.3 Å². The quantitative estimate of drug-likeness (QED) is 0.794. The van der Waals surface area contributed by atoms with Gasteiger partial charge in [0.05, 0.1) is 11.3 Å². The van der Waals surface area contributed by atoms with Crippen molar-refractivity contribution in [1.29, 1.82) is 5.26 Å². The number of phenolic OH excluding ortho intramolecular Hbond substituents is 1. The largest absolute Gasteiger partial charge is 0.507 e. The van der Waals surface area contributed by atoms with Gasteiger partial charge in [-0.2, -0.15) is 5.26 Å². The third-order valence-electron chi connectivity index (χ3n) is 4.13. The second kappa shape index (κ2) is 6.33. The van der Waals surface area contributed by atoms with Crippen molar-refractivity contribution in [1.82, 2.24) is 4.98 Å². The average Bonchev–Trinajstić information content (AvgIpc) is 2.98. The van der Waals surface area contributed by atoms with E-state index in [1.165, 1.54) is 23.3 Å². The Morgan fingerprint density at radius 1 is 1.41 bits per heavy atom. The molecule has 2 aromatic rings. The van der Waals surface area contributed by atoms with E-state index in [9.17, 15) is 10.4 Å². The zero-order chi connectivity index (χ0) is 15.5. The molecule has 1 aromatic carbocycles. The minimum atomic E-state index is 0.219. The van der Waals surface area contributed by atoms with Crippen molar-refractivity contribution in [3.05, 3.63) is 40.2 Å². The number of hydrogen-bond donors (Lipinski definition) is 1. The topological polar surface area (TPSA) is 56.9 Å². The molecule has 1 aliphatic rings. The summed E-state index contributed by atoms with van der Waals surface area (Å²) >= 11 is 1.48. The minimum absolute atomic E-state index is 0.219. The van der Waals surface area contributed by atoms with Crippen molar-refractivity contribution in [2.75, 3.05) is 0 Å². The number of aromatic hydroxyl groups is 1. The third kappa shape index (κ3) is 2.90. The van der Waals surface area contributed by atoms with Crippen LogP contribution in [-0.4, -0.2) is 10.1 Å². The van der Waals surface area contributed by atoms with E-state index in [-0.39, 0.29) is 5.75 Å². The first-order valence-corrected chi connectivity index (χ1v) is 8.43. The monoisotopic (exact) mass is 310 g/mol. The molecule has 1 N–H and O–H groups in total. The number of hydrogen-bond acceptors (Lipinski definition) is 4. The van der Waals surface area contributed by atoms with Crippen molar-refractivity contribution >= 4 is 16.9 Å². The Morgan fingerprint density at radius 2 is 2.23 bits per heavy atom. The van der Waals surface area contributed by atoms with Gasteiger partial charge in [0.2, 0.25) is 0 Å². The number of aromatic nitrogens is 1. The molecule has 0 amide bonds. The van der Waals surface area contributed by atoms with Crippen LogP contribution in [0.15, 0.2) is 35.2 Å². The molecule has 22 heavy (non-hydrogen) atoms. The van der Waals surface area contributed by atoms with Gasteiger partial charge in [-0.25, -0.2) is 4.98 Å². The van der Waals surface area contributed by atoms with Crippen molar-refractivity contribution in [3.63, 3.8) is 0 Å². The Hall–Kier alpha value is -2.12. The molecule has 1 saturated carbocycles. The maximum atomic E-state index is 9.94. The first-order chi connectivity index (χ1) is 10.7. The van der Waals surface area contributed by atoms with Crippen LogP contribution in [0, 0.1) is 17.2 Å². The van der Waals surface area contributed by atoms with Crippen LogP contribution in [0.1, 0.15) is 37.6 Å². The Labute approximate surface area is 134 Å². The molecular weight excluding hydrogens is 292 g/mol. The number of nitriles is 1. The summed E-state index contributed by atoms with van der Waals surface area (Å²) in [4.78, 5) is 4.59. The van der Waals surface area contributed by atoms with Crippen LogP contribution in [0.4, 0.5) is 0 Å².